The van der Waals surface area contributed by atoms with Crippen LogP contribution in [0, 0.1) is 0 Å². The van der Waals surface area contributed by atoms with E-state index in [1.807, 2.05) is 13.8 Å². The van der Waals surface area contributed by atoms with Gasteiger partial charge in [-0.3, -0.25) is 0 Å². The van der Waals surface area contributed by atoms with Crippen molar-refractivity contribution < 1.29 is 9.84 Å². The number of rotatable bonds is 3. The van der Waals surface area contributed by atoms with Crippen LogP contribution in [-0.4, -0.2) is 36.4 Å². The first-order chi connectivity index (χ1) is 8.39. The molecule has 0 amide bonds. The molecule has 0 unspecified atom stereocenters. The molecule has 18 heavy (non-hydrogen) atoms. The maximum absolute atomic E-state index is 10.3. The zero-order valence-electron chi connectivity index (χ0n) is 11.6. The SMILES string of the molecule is CC(C)c1nc(N2CCOCC2)sc1C(C)(C)O. The van der Waals surface area contributed by atoms with Crippen LogP contribution in [0.2, 0.25) is 0 Å². The first-order valence-electron chi connectivity index (χ1n) is 6.46. The van der Waals surface area contributed by atoms with Gasteiger partial charge in [-0.05, 0) is 19.8 Å². The standard InChI is InChI=1S/C13H22N2O2S/c1-9(2)10-11(13(3,4)16)18-12(14-10)15-5-7-17-8-6-15/h9,16H,5-8H2,1-4H3. The Kier molecular flexibility index (Phi) is 3.94. The summed E-state index contributed by atoms with van der Waals surface area (Å²) in [6, 6.07) is 0. The number of thiazole rings is 1. The fraction of sp³-hybridized carbons (Fsp3) is 0.769. The number of aliphatic hydroxyl groups is 1. The first-order valence-corrected chi connectivity index (χ1v) is 7.27. The predicted octanol–water partition coefficient (Wildman–Crippen LogP) is 2.33. The minimum atomic E-state index is -0.818. The van der Waals surface area contributed by atoms with Crippen molar-refractivity contribution in [2.45, 2.75) is 39.2 Å². The van der Waals surface area contributed by atoms with Gasteiger partial charge in [-0.25, -0.2) is 4.98 Å². The molecular weight excluding hydrogens is 248 g/mol. The fourth-order valence-electron chi connectivity index (χ4n) is 2.04. The summed E-state index contributed by atoms with van der Waals surface area (Å²) in [6.45, 7) is 11.2. The van der Waals surface area contributed by atoms with Gasteiger partial charge >= 0.3 is 0 Å². The highest BCUT2D eigenvalue weighted by atomic mass is 32.1. The number of hydrogen-bond donors (Lipinski definition) is 1. The van der Waals surface area contributed by atoms with E-state index in [4.69, 9.17) is 9.72 Å². The fourth-order valence-corrected chi connectivity index (χ4v) is 3.31. The minimum absolute atomic E-state index is 0.331. The van der Waals surface area contributed by atoms with E-state index in [9.17, 15) is 5.11 Å². The van der Waals surface area contributed by atoms with Crippen molar-refractivity contribution >= 4 is 16.5 Å². The van der Waals surface area contributed by atoms with Crippen LogP contribution in [0.1, 0.15) is 44.2 Å². The van der Waals surface area contributed by atoms with Gasteiger partial charge in [0.05, 0.1) is 29.4 Å². The summed E-state index contributed by atoms with van der Waals surface area (Å²) in [5.41, 5.74) is 0.205. The van der Waals surface area contributed by atoms with E-state index < -0.39 is 5.60 Å². The Morgan fingerprint density at radius 1 is 1.33 bits per heavy atom. The first kappa shape index (κ1) is 13.8. The van der Waals surface area contributed by atoms with Gasteiger partial charge in [0.1, 0.15) is 0 Å². The summed E-state index contributed by atoms with van der Waals surface area (Å²) >= 11 is 1.61. The Morgan fingerprint density at radius 3 is 2.39 bits per heavy atom. The van der Waals surface area contributed by atoms with Gasteiger partial charge in [-0.15, -0.1) is 0 Å². The van der Waals surface area contributed by atoms with Gasteiger partial charge in [0.15, 0.2) is 5.13 Å². The minimum Gasteiger partial charge on any atom is -0.385 e. The van der Waals surface area contributed by atoms with Gasteiger partial charge < -0.3 is 14.7 Å². The molecule has 0 bridgehead atoms. The number of hydrogen-bond acceptors (Lipinski definition) is 5. The zero-order valence-corrected chi connectivity index (χ0v) is 12.4. The molecule has 4 nitrogen and oxygen atoms in total. The monoisotopic (exact) mass is 270 g/mol. The van der Waals surface area contributed by atoms with Crippen molar-refractivity contribution in [2.24, 2.45) is 0 Å². The normalized spacial score (nSPS) is 17.6. The van der Waals surface area contributed by atoms with Gasteiger partial charge in [0, 0.05) is 13.1 Å². The maximum atomic E-state index is 10.3. The van der Waals surface area contributed by atoms with Crippen LogP contribution < -0.4 is 4.90 Å². The molecule has 0 saturated carbocycles. The molecule has 0 spiro atoms. The molecule has 102 valence electrons. The molecule has 1 N–H and O–H groups in total. The molecule has 2 rings (SSSR count). The molecule has 5 heteroatoms. The van der Waals surface area contributed by atoms with Crippen molar-refractivity contribution in [3.8, 4) is 0 Å². The van der Waals surface area contributed by atoms with E-state index in [0.29, 0.717) is 5.92 Å². The Hall–Kier alpha value is -0.650. The summed E-state index contributed by atoms with van der Waals surface area (Å²) in [6.07, 6.45) is 0. The van der Waals surface area contributed by atoms with Crippen LogP contribution in [0.25, 0.3) is 0 Å². The largest absolute Gasteiger partial charge is 0.385 e. The molecule has 0 aromatic carbocycles. The lowest BCUT2D eigenvalue weighted by atomic mass is 10.0. The lowest BCUT2D eigenvalue weighted by Crippen LogP contribution is -2.36. The Morgan fingerprint density at radius 2 is 1.94 bits per heavy atom. The van der Waals surface area contributed by atoms with E-state index in [0.717, 1.165) is 42.0 Å². The van der Waals surface area contributed by atoms with Crippen molar-refractivity contribution in [1.82, 2.24) is 4.98 Å². The van der Waals surface area contributed by atoms with E-state index >= 15 is 0 Å². The van der Waals surface area contributed by atoms with Crippen LogP contribution in [0.4, 0.5) is 5.13 Å². The Balaban J connectivity index is 2.32. The summed E-state index contributed by atoms with van der Waals surface area (Å²) in [5.74, 6) is 0.331. The smallest absolute Gasteiger partial charge is 0.186 e. The van der Waals surface area contributed by atoms with Crippen molar-refractivity contribution in [3.05, 3.63) is 10.6 Å². The molecule has 1 aliphatic heterocycles. The molecule has 1 aromatic heterocycles. The third kappa shape index (κ3) is 2.84. The molecule has 2 heterocycles. The summed E-state index contributed by atoms with van der Waals surface area (Å²) in [5, 5.41) is 11.3. The van der Waals surface area contributed by atoms with E-state index in [-0.39, 0.29) is 0 Å². The van der Waals surface area contributed by atoms with Crippen LogP contribution in [0.3, 0.4) is 0 Å². The van der Waals surface area contributed by atoms with Crippen LogP contribution in [-0.2, 0) is 10.3 Å². The second-order valence-corrected chi connectivity index (χ2v) is 6.50. The van der Waals surface area contributed by atoms with Crippen molar-refractivity contribution in [3.63, 3.8) is 0 Å². The van der Waals surface area contributed by atoms with Gasteiger partial charge in [0.25, 0.3) is 0 Å². The van der Waals surface area contributed by atoms with E-state index in [1.165, 1.54) is 0 Å². The molecule has 1 saturated heterocycles. The van der Waals surface area contributed by atoms with Crippen LogP contribution in [0.5, 0.6) is 0 Å². The third-order valence-corrected chi connectivity index (χ3v) is 4.47. The van der Waals surface area contributed by atoms with E-state index in [2.05, 4.69) is 18.7 Å². The number of nitrogens with zero attached hydrogens (tertiary/aromatic N) is 2. The lowest BCUT2D eigenvalue weighted by Gasteiger charge is -2.26. The zero-order chi connectivity index (χ0) is 13.3. The summed E-state index contributed by atoms with van der Waals surface area (Å²) < 4.78 is 5.36. The van der Waals surface area contributed by atoms with Gasteiger partial charge in [0.2, 0.25) is 0 Å². The number of anilines is 1. The molecule has 0 aliphatic carbocycles. The average Bonchev–Trinajstić information content (AvgIpc) is 2.74. The van der Waals surface area contributed by atoms with E-state index in [1.54, 1.807) is 11.3 Å². The summed E-state index contributed by atoms with van der Waals surface area (Å²) in [7, 11) is 0. The predicted molar refractivity (Wildman–Crippen MR) is 74.5 cm³/mol. The molecule has 1 aromatic rings. The quantitative estimate of drug-likeness (QED) is 0.915. The molecular formula is C13H22N2O2S. The Labute approximate surface area is 113 Å². The molecule has 0 radical (unpaired) electrons. The molecule has 0 atom stereocenters. The second kappa shape index (κ2) is 5.15. The molecule has 1 fully saturated rings. The topological polar surface area (TPSA) is 45.6 Å². The Bertz CT molecular complexity index is 404. The third-order valence-electron chi connectivity index (χ3n) is 3.03. The summed E-state index contributed by atoms with van der Waals surface area (Å²) in [4.78, 5) is 7.96. The van der Waals surface area contributed by atoms with Gasteiger partial charge in [-0.1, -0.05) is 25.2 Å². The number of aromatic nitrogens is 1. The maximum Gasteiger partial charge on any atom is 0.186 e. The highest BCUT2D eigenvalue weighted by molar-refractivity contribution is 7.15. The number of ether oxygens (including phenoxy) is 1. The van der Waals surface area contributed by atoms with Crippen molar-refractivity contribution in [2.75, 3.05) is 31.2 Å². The van der Waals surface area contributed by atoms with Gasteiger partial charge in [-0.2, -0.15) is 0 Å². The van der Waals surface area contributed by atoms with Crippen LogP contribution >= 0.6 is 11.3 Å². The highest BCUT2D eigenvalue weighted by Gasteiger charge is 2.28. The van der Waals surface area contributed by atoms with Crippen LogP contribution in [0.15, 0.2) is 0 Å². The average molecular weight is 270 g/mol. The second-order valence-electron chi connectivity index (χ2n) is 5.52. The highest BCUT2D eigenvalue weighted by Crippen LogP contribution is 2.37. The molecule has 1 aliphatic rings. The van der Waals surface area contributed by atoms with Crippen molar-refractivity contribution in [1.29, 1.82) is 0 Å². The number of morpholine rings is 1. The lowest BCUT2D eigenvalue weighted by molar-refractivity contribution is 0.0811.